The lowest BCUT2D eigenvalue weighted by Gasteiger charge is -2.36. The van der Waals surface area contributed by atoms with Gasteiger partial charge in [-0.1, -0.05) is 101 Å². The number of likely N-dealkylation sites (N-methyl/N-ethyl adjacent to an activating group) is 2. The van der Waals surface area contributed by atoms with Gasteiger partial charge in [0.15, 0.2) is 0 Å². The van der Waals surface area contributed by atoms with Crippen molar-refractivity contribution < 1.29 is 28.8 Å². The van der Waals surface area contributed by atoms with E-state index < -0.39 is 59.2 Å². The minimum atomic E-state index is -0.920. The molecule has 75 heavy (non-hydrogen) atoms. The molecule has 20 nitrogen and oxygen atoms in total. The summed E-state index contributed by atoms with van der Waals surface area (Å²) in [4.78, 5) is 88.2. The van der Waals surface area contributed by atoms with Crippen LogP contribution in [-0.4, -0.2) is 139 Å². The number of benzene rings is 2. The average Bonchev–Trinajstić information content (AvgIpc) is 4.24. The van der Waals surface area contributed by atoms with E-state index in [9.17, 15) is 28.8 Å². The maximum Gasteiger partial charge on any atom is 0.246 e. The van der Waals surface area contributed by atoms with Gasteiger partial charge in [0.2, 0.25) is 35.4 Å². The number of aromatic nitrogens is 6. The van der Waals surface area contributed by atoms with Crippen molar-refractivity contribution in [1.82, 2.24) is 71.7 Å². The van der Waals surface area contributed by atoms with Crippen LogP contribution in [-0.2, 0) is 48.0 Å². The Kier molecular flexibility index (Phi) is 16.6. The van der Waals surface area contributed by atoms with E-state index in [1.165, 1.54) is 11.1 Å². The number of amides is 6. The lowest BCUT2D eigenvalue weighted by molar-refractivity contribution is -0.144. The molecule has 8 rings (SSSR count). The average molecular weight is 1030 g/mol. The number of nitrogens with zero attached hydrogens (tertiary/aromatic N) is 8. The molecule has 2 aromatic carbocycles. The molecule has 4 heterocycles. The van der Waals surface area contributed by atoms with Crippen molar-refractivity contribution in [3.63, 3.8) is 0 Å². The Morgan fingerprint density at radius 1 is 0.600 bits per heavy atom. The van der Waals surface area contributed by atoms with Crippen LogP contribution >= 0.6 is 0 Å². The van der Waals surface area contributed by atoms with Crippen LogP contribution in [0.4, 0.5) is 0 Å². The Morgan fingerprint density at radius 2 is 0.987 bits per heavy atom. The maximum atomic E-state index is 14.8. The first kappa shape index (κ1) is 54.7. The van der Waals surface area contributed by atoms with E-state index in [4.69, 9.17) is 0 Å². The smallest absolute Gasteiger partial charge is 0.246 e. The second kappa shape index (κ2) is 22.7. The molecule has 0 radical (unpaired) electrons. The lowest BCUT2D eigenvalue weighted by Crippen LogP contribution is -2.59. The summed E-state index contributed by atoms with van der Waals surface area (Å²) < 4.78 is 3.40. The van der Waals surface area contributed by atoms with Crippen molar-refractivity contribution in [3.05, 3.63) is 94.6 Å². The molecule has 2 aliphatic carbocycles. The van der Waals surface area contributed by atoms with Gasteiger partial charge in [-0.3, -0.25) is 28.8 Å². The highest BCUT2D eigenvalue weighted by Crippen LogP contribution is 2.36. The van der Waals surface area contributed by atoms with Crippen molar-refractivity contribution in [2.75, 3.05) is 27.2 Å². The number of aryl methyl sites for hydroxylation is 2. The minimum absolute atomic E-state index is 0.161. The van der Waals surface area contributed by atoms with E-state index in [0.717, 1.165) is 49.7 Å². The molecule has 2 aromatic heterocycles. The number of rotatable bonds is 16. The number of carbonyl (C=O) groups is 6. The van der Waals surface area contributed by atoms with Gasteiger partial charge in [-0.25, -0.2) is 9.36 Å². The van der Waals surface area contributed by atoms with Crippen LogP contribution in [0.25, 0.3) is 0 Å². The van der Waals surface area contributed by atoms with E-state index in [-0.39, 0.29) is 79.9 Å². The summed E-state index contributed by atoms with van der Waals surface area (Å²) in [5, 5.41) is 36.5. The van der Waals surface area contributed by atoms with Crippen LogP contribution in [0.15, 0.2) is 60.9 Å². The summed E-state index contributed by atoms with van der Waals surface area (Å²) >= 11 is 0. The van der Waals surface area contributed by atoms with E-state index in [1.54, 1.807) is 59.5 Å². The molecule has 2 aliphatic heterocycles. The van der Waals surface area contributed by atoms with Crippen molar-refractivity contribution in [3.8, 4) is 0 Å². The minimum Gasteiger partial charge on any atom is -0.347 e. The topological polar surface area (TPSA) is 242 Å². The van der Waals surface area contributed by atoms with Gasteiger partial charge >= 0.3 is 0 Å². The van der Waals surface area contributed by atoms with Crippen molar-refractivity contribution in [2.24, 2.45) is 10.8 Å². The van der Waals surface area contributed by atoms with Crippen LogP contribution in [0.5, 0.6) is 0 Å². The second-order valence-electron chi connectivity index (χ2n) is 23.3. The molecule has 0 saturated carbocycles. The van der Waals surface area contributed by atoms with Gasteiger partial charge in [-0.05, 0) is 99.6 Å². The quantitative estimate of drug-likeness (QED) is 0.0947. The summed E-state index contributed by atoms with van der Waals surface area (Å²) in [6.45, 7) is 15.2. The summed E-state index contributed by atoms with van der Waals surface area (Å²) in [6, 6.07) is 10.4. The monoisotopic (exact) mass is 1030 g/mol. The Labute approximate surface area is 440 Å². The van der Waals surface area contributed by atoms with E-state index in [0.29, 0.717) is 11.4 Å². The standard InChI is InChI=1S/C55H78N14O6/c1-32(56-9)48(70)60-46(54(3,4)5)52(74)66-30-38(26-44(66)50(72)58-42-23-15-19-34-17-11-13-21-40(34)42)68-28-36(62-64-68)25-37-29-69(65-63-37)39-27-45(51(73)59-43-24-16-20-35-18-12-14-22-41(35)43)67(31-39)53(75)47(55(6,7)8)61-49(71)33(2)57-10/h11-14,17-18,21-22,28-29,32-33,38-39,42-47,56-57H,15-16,19-20,23-27,30-31H2,1-10H3,(H,58,72)(H,59,73)(H,60,70)(H,61,71)/t32-,33-,38-,39-,42+,43+,44-,45?,46+,47+/m0/s1. The predicted molar refractivity (Wildman–Crippen MR) is 282 cm³/mol. The Morgan fingerprint density at radius 3 is 1.36 bits per heavy atom. The van der Waals surface area contributed by atoms with Gasteiger partial charge in [0.1, 0.15) is 24.2 Å². The zero-order valence-electron chi connectivity index (χ0n) is 45.4. The summed E-state index contributed by atoms with van der Waals surface area (Å²) in [5.74, 6) is -1.87. The fraction of sp³-hybridized carbons (Fsp3) is 0.600. The highest BCUT2D eigenvalue weighted by atomic mass is 16.2. The summed E-state index contributed by atoms with van der Waals surface area (Å²) in [6.07, 6.45) is 9.70. The van der Waals surface area contributed by atoms with Gasteiger partial charge in [0.05, 0.1) is 47.6 Å². The number of nitrogens with one attached hydrogen (secondary N) is 6. The van der Waals surface area contributed by atoms with Crippen LogP contribution < -0.4 is 31.9 Å². The van der Waals surface area contributed by atoms with Gasteiger partial charge in [0.25, 0.3) is 0 Å². The molecule has 0 bridgehead atoms. The first-order valence-electron chi connectivity index (χ1n) is 26.8. The normalized spacial score (nSPS) is 23.3. The lowest BCUT2D eigenvalue weighted by atomic mass is 9.85. The van der Waals surface area contributed by atoms with Crippen molar-refractivity contribution >= 4 is 35.4 Å². The molecule has 4 aromatic rings. The molecule has 20 heteroatoms. The van der Waals surface area contributed by atoms with E-state index in [2.05, 4.69) is 76.8 Å². The Bertz CT molecular complexity index is 2540. The van der Waals surface area contributed by atoms with Crippen LogP contribution in [0, 0.1) is 10.8 Å². The Balaban J connectivity index is 1.01. The van der Waals surface area contributed by atoms with Gasteiger partial charge < -0.3 is 41.7 Å². The number of hydrogen-bond donors (Lipinski definition) is 6. The van der Waals surface area contributed by atoms with Gasteiger partial charge in [-0.15, -0.1) is 10.2 Å². The summed E-state index contributed by atoms with van der Waals surface area (Å²) in [5.41, 5.74) is 4.38. The zero-order valence-corrected chi connectivity index (χ0v) is 45.4. The predicted octanol–water partition coefficient (Wildman–Crippen LogP) is 3.41. The highest BCUT2D eigenvalue weighted by Gasteiger charge is 2.48. The molecule has 2 saturated heterocycles. The molecule has 4 aliphatic rings. The molecular formula is C55H78N14O6. The SMILES string of the molecule is CN[C@@H](C)C(=O)N[C@H](C(=O)N1C[C@@H](n2cc(Cc3cn([C@H]4C[C@@H](C(=O)N[C@@H]5CCCc6ccccc65)N(C(=O)[C@@H](NC(=O)[C@H](C)NC)C(C)(C)C)C4)nn3)nn2)CC1C(=O)N[C@@H]1CCCc2ccccc21)C(C)(C)C. The Hall–Kier alpha value is -6.54. The third-order valence-corrected chi connectivity index (χ3v) is 15.8. The van der Waals surface area contributed by atoms with Crippen molar-refractivity contribution in [2.45, 2.75) is 174 Å². The molecule has 2 fully saturated rings. The number of fused-ring (bicyclic) bond motifs is 2. The van der Waals surface area contributed by atoms with E-state index >= 15 is 0 Å². The zero-order chi connectivity index (χ0) is 53.9. The number of likely N-dealkylation sites (tertiary alicyclic amines) is 2. The largest absolute Gasteiger partial charge is 0.347 e. The third kappa shape index (κ3) is 12.3. The number of carbonyl (C=O) groups excluding carboxylic acids is 6. The fourth-order valence-corrected chi connectivity index (χ4v) is 11.1. The fourth-order valence-electron chi connectivity index (χ4n) is 11.1. The number of hydrogen-bond acceptors (Lipinski definition) is 12. The first-order chi connectivity index (χ1) is 35.6. The van der Waals surface area contributed by atoms with Gasteiger partial charge in [0, 0.05) is 44.7 Å². The molecule has 1 unspecified atom stereocenters. The van der Waals surface area contributed by atoms with Gasteiger partial charge in [-0.2, -0.15) is 0 Å². The highest BCUT2D eigenvalue weighted by molar-refractivity contribution is 5.95. The molecule has 0 spiro atoms. The molecule has 6 amide bonds. The second-order valence-corrected chi connectivity index (χ2v) is 23.3. The molecule has 404 valence electrons. The third-order valence-electron chi connectivity index (χ3n) is 15.8. The van der Waals surface area contributed by atoms with Crippen LogP contribution in [0.2, 0.25) is 0 Å². The van der Waals surface area contributed by atoms with Crippen molar-refractivity contribution in [1.29, 1.82) is 0 Å². The summed E-state index contributed by atoms with van der Waals surface area (Å²) in [7, 11) is 3.37. The maximum absolute atomic E-state index is 14.8. The van der Waals surface area contributed by atoms with E-state index in [1.807, 2.05) is 65.8 Å². The molecule has 10 atom stereocenters. The molecular weight excluding hydrogens is 953 g/mol. The van der Waals surface area contributed by atoms with Crippen LogP contribution in [0.1, 0.15) is 152 Å². The first-order valence-corrected chi connectivity index (χ1v) is 26.8. The molecule has 6 N–H and O–H groups in total. The van der Waals surface area contributed by atoms with Crippen LogP contribution in [0.3, 0.4) is 0 Å².